The van der Waals surface area contributed by atoms with Gasteiger partial charge in [-0.25, -0.2) is 0 Å². The summed E-state index contributed by atoms with van der Waals surface area (Å²) in [4.78, 5) is 27.0. The van der Waals surface area contributed by atoms with E-state index in [-0.39, 0.29) is 18.3 Å². The number of benzene rings is 1. The molecule has 5 nitrogen and oxygen atoms in total. The van der Waals surface area contributed by atoms with Gasteiger partial charge in [0, 0.05) is 31.8 Å². The first-order valence-electron chi connectivity index (χ1n) is 7.70. The highest BCUT2D eigenvalue weighted by molar-refractivity contribution is 7.80. The number of ether oxygens (including phenoxy) is 1. The van der Waals surface area contributed by atoms with E-state index in [0.717, 1.165) is 0 Å². The Hall–Kier alpha value is -0.820. The lowest BCUT2D eigenvalue weighted by Gasteiger charge is -2.26. The maximum Gasteiger partial charge on any atom is 0.249 e. The van der Waals surface area contributed by atoms with Crippen molar-refractivity contribution >= 4 is 64.9 Å². The molecule has 9 heteroatoms. The molecule has 25 heavy (non-hydrogen) atoms. The second-order valence-corrected chi connectivity index (χ2v) is 8.55. The Morgan fingerprint density at radius 3 is 2.72 bits per heavy atom. The third kappa shape index (κ3) is 3.29. The van der Waals surface area contributed by atoms with E-state index in [2.05, 4.69) is 12.6 Å². The number of hydrogen-bond donors (Lipinski definition) is 1. The molecule has 1 aromatic rings. The molecule has 1 heterocycles. The number of rotatable bonds is 5. The van der Waals surface area contributed by atoms with Crippen LogP contribution in [0.15, 0.2) is 24.3 Å². The second kappa shape index (κ2) is 6.72. The molecule has 1 saturated heterocycles. The van der Waals surface area contributed by atoms with Crippen molar-refractivity contribution in [3.8, 4) is 5.75 Å². The fourth-order valence-electron chi connectivity index (χ4n) is 3.01. The molecular weight excluding hydrogens is 407 g/mol. The Bertz CT molecular complexity index is 718. The van der Waals surface area contributed by atoms with Gasteiger partial charge in [0.15, 0.2) is 4.87 Å². The molecule has 2 atom stereocenters. The van der Waals surface area contributed by atoms with E-state index in [1.807, 2.05) is 6.07 Å². The number of alkyl halides is 3. The fourth-order valence-corrected chi connectivity index (χ4v) is 4.19. The van der Waals surface area contributed by atoms with Crippen LogP contribution >= 0.6 is 47.4 Å². The van der Waals surface area contributed by atoms with Crippen LogP contribution in [0, 0.1) is 0 Å². The average molecular weight is 424 g/mol. The van der Waals surface area contributed by atoms with Crippen LogP contribution < -0.4 is 9.64 Å². The third-order valence-electron chi connectivity index (χ3n) is 4.58. The van der Waals surface area contributed by atoms with E-state index in [1.54, 1.807) is 30.1 Å². The molecule has 0 spiro atoms. The van der Waals surface area contributed by atoms with Crippen LogP contribution in [0.5, 0.6) is 5.75 Å². The summed E-state index contributed by atoms with van der Waals surface area (Å²) in [6, 6.07) is 6.59. The third-order valence-corrected chi connectivity index (χ3v) is 6.44. The lowest BCUT2D eigenvalue weighted by molar-refractivity contribution is -0.137. The van der Waals surface area contributed by atoms with Crippen molar-refractivity contribution in [2.45, 2.75) is 28.1 Å². The van der Waals surface area contributed by atoms with Gasteiger partial charge in [0.1, 0.15) is 22.1 Å². The summed E-state index contributed by atoms with van der Waals surface area (Å²) in [6.07, 6.45) is 0.671. The molecule has 2 aliphatic rings. The first kappa shape index (κ1) is 19.0. The van der Waals surface area contributed by atoms with Crippen LogP contribution in [-0.2, 0) is 9.59 Å². The van der Waals surface area contributed by atoms with Crippen LogP contribution in [0.2, 0.25) is 0 Å². The van der Waals surface area contributed by atoms with Crippen LogP contribution in [0.25, 0.3) is 0 Å². The van der Waals surface area contributed by atoms with E-state index in [0.29, 0.717) is 24.4 Å². The van der Waals surface area contributed by atoms with E-state index < -0.39 is 21.2 Å². The minimum Gasteiger partial charge on any atom is -0.483 e. The van der Waals surface area contributed by atoms with Gasteiger partial charge in [0.05, 0.1) is 0 Å². The van der Waals surface area contributed by atoms with Crippen LogP contribution in [0.3, 0.4) is 0 Å². The highest BCUT2D eigenvalue weighted by atomic mass is 35.5. The first-order valence-corrected chi connectivity index (χ1v) is 9.47. The van der Waals surface area contributed by atoms with Crippen LogP contribution in [0.4, 0.5) is 5.69 Å². The highest BCUT2D eigenvalue weighted by Crippen LogP contribution is 2.62. The number of halogens is 3. The molecule has 1 aliphatic carbocycles. The summed E-state index contributed by atoms with van der Waals surface area (Å²) in [5, 5.41) is 0. The summed E-state index contributed by atoms with van der Waals surface area (Å²) in [7, 11) is 1.56. The van der Waals surface area contributed by atoms with Gasteiger partial charge in [-0.15, -0.1) is 24.2 Å². The van der Waals surface area contributed by atoms with E-state index in [4.69, 9.17) is 39.5 Å². The van der Waals surface area contributed by atoms with Gasteiger partial charge in [-0.2, -0.15) is 0 Å². The van der Waals surface area contributed by atoms with Gasteiger partial charge in [-0.3, -0.25) is 9.59 Å². The van der Waals surface area contributed by atoms with Gasteiger partial charge in [-0.05, 0) is 18.6 Å². The van der Waals surface area contributed by atoms with Crippen molar-refractivity contribution in [1.82, 2.24) is 4.90 Å². The number of carbonyl (C=O) groups is 2. The Labute approximate surface area is 166 Å². The minimum absolute atomic E-state index is 0.168. The zero-order valence-corrected chi connectivity index (χ0v) is 16.6. The maximum absolute atomic E-state index is 12.8. The number of amides is 2. The predicted molar refractivity (Wildman–Crippen MR) is 102 cm³/mol. The number of anilines is 1. The zero-order valence-electron chi connectivity index (χ0n) is 13.4. The Morgan fingerprint density at radius 2 is 2.12 bits per heavy atom. The number of carbonyl (C=O) groups excluding carboxylic acids is 2. The normalized spacial score (nSPS) is 27.3. The zero-order chi connectivity index (χ0) is 18.4. The lowest BCUT2D eigenvalue weighted by Crippen LogP contribution is -2.47. The highest BCUT2D eigenvalue weighted by Gasteiger charge is 2.72. The largest absolute Gasteiger partial charge is 0.483 e. The molecule has 0 aromatic heterocycles. The number of thiol groups is 1. The van der Waals surface area contributed by atoms with Gasteiger partial charge in [0.2, 0.25) is 11.8 Å². The van der Waals surface area contributed by atoms with Crippen molar-refractivity contribution < 1.29 is 14.3 Å². The molecule has 0 radical (unpaired) electrons. The van der Waals surface area contributed by atoms with E-state index >= 15 is 0 Å². The summed E-state index contributed by atoms with van der Waals surface area (Å²) in [5.74, 6) is 0.272. The van der Waals surface area contributed by atoms with Crippen molar-refractivity contribution in [2.24, 2.45) is 0 Å². The molecule has 2 amide bonds. The van der Waals surface area contributed by atoms with Crippen molar-refractivity contribution in [1.29, 1.82) is 0 Å². The van der Waals surface area contributed by atoms with Crippen molar-refractivity contribution in [3.05, 3.63) is 24.3 Å². The number of likely N-dealkylation sites (N-methyl/N-ethyl adjacent to an activating group) is 1. The fraction of sp³-hybridized carbons (Fsp3) is 0.500. The Morgan fingerprint density at radius 1 is 1.44 bits per heavy atom. The summed E-state index contributed by atoms with van der Waals surface area (Å²) >= 11 is 22.2. The predicted octanol–water partition coefficient (Wildman–Crippen LogP) is 3.07. The SMILES string of the molecule is CN(C(=O)C1(Cl)CC1(Cl)Cl)C1CCN(c2cccc(OCS)c2)C1=O. The molecule has 2 unspecified atom stereocenters. The van der Waals surface area contributed by atoms with Gasteiger partial charge >= 0.3 is 0 Å². The molecular formula is C16H17Cl3N2O3S. The molecule has 3 rings (SSSR count). The summed E-state index contributed by atoms with van der Waals surface area (Å²) in [5.41, 5.74) is 0.712. The monoisotopic (exact) mass is 422 g/mol. The topological polar surface area (TPSA) is 49.9 Å². The molecule has 1 aliphatic heterocycles. The van der Waals surface area contributed by atoms with Crippen molar-refractivity contribution in [3.63, 3.8) is 0 Å². The summed E-state index contributed by atoms with van der Waals surface area (Å²) in [6.45, 7) is 0.494. The van der Waals surface area contributed by atoms with Gasteiger partial charge in [-0.1, -0.05) is 29.3 Å². The number of nitrogens with zero attached hydrogens (tertiary/aromatic N) is 2. The Kier molecular flexibility index (Phi) is 5.10. The molecule has 136 valence electrons. The molecule has 0 N–H and O–H groups in total. The van der Waals surface area contributed by atoms with E-state index in [1.165, 1.54) is 4.90 Å². The number of hydrogen-bond acceptors (Lipinski definition) is 4. The summed E-state index contributed by atoms with van der Waals surface area (Å²) < 4.78 is 4.07. The molecule has 1 aromatic carbocycles. The molecule has 2 fully saturated rings. The minimum atomic E-state index is -1.35. The molecule has 1 saturated carbocycles. The quantitative estimate of drug-likeness (QED) is 0.450. The van der Waals surface area contributed by atoms with E-state index in [9.17, 15) is 9.59 Å². The van der Waals surface area contributed by atoms with Crippen molar-refractivity contribution in [2.75, 3.05) is 24.4 Å². The second-order valence-electron chi connectivity index (χ2n) is 6.16. The van der Waals surface area contributed by atoms with Gasteiger partial charge in [0.25, 0.3) is 0 Å². The van der Waals surface area contributed by atoms with Gasteiger partial charge < -0.3 is 14.5 Å². The lowest BCUT2D eigenvalue weighted by atomic mass is 10.2. The Balaban J connectivity index is 1.74. The molecule has 0 bridgehead atoms. The first-order chi connectivity index (χ1) is 11.7. The van der Waals surface area contributed by atoms with Crippen LogP contribution in [0.1, 0.15) is 12.8 Å². The maximum atomic E-state index is 12.8. The standard InChI is InChI=1S/C16H17Cl3N2O3S/c1-20(14(23)15(17)8-16(15,18)19)12-5-6-21(13(12)22)10-3-2-4-11(7-10)24-9-25/h2-4,7,12,25H,5-6,8-9H2,1H3. The smallest absolute Gasteiger partial charge is 0.249 e. The van der Waals surface area contributed by atoms with Crippen LogP contribution in [-0.4, -0.2) is 51.5 Å². The average Bonchev–Trinajstić information content (AvgIpc) is 2.90.